The number of thiazole rings is 1. The molecule has 0 saturated carbocycles. The van der Waals surface area contributed by atoms with Crippen LogP contribution in [0, 0.1) is 11.3 Å². The van der Waals surface area contributed by atoms with Gasteiger partial charge in [0.1, 0.15) is 6.61 Å². The number of benzene rings is 3. The molecule has 1 aliphatic rings. The molecule has 0 spiro atoms. The summed E-state index contributed by atoms with van der Waals surface area (Å²) in [6.07, 6.45) is 1.73. The second kappa shape index (κ2) is 16.7. The maximum atomic E-state index is 14.2. The van der Waals surface area contributed by atoms with Gasteiger partial charge >= 0.3 is 11.9 Å². The SMILES string of the molecule is CCOC(=O)C1=C(C)N=c2s/c(=C\c3ccc(OCc4ccccc4C#N)c(OCC)c3)c(=O)n2[C@@H]1c1ccc(OCC(=O)OC)c(OCC)c1. The zero-order valence-corrected chi connectivity index (χ0v) is 29.7. The Hall–Kier alpha value is -5.87. The van der Waals surface area contributed by atoms with Gasteiger partial charge in [0, 0.05) is 5.56 Å². The van der Waals surface area contributed by atoms with Crippen molar-refractivity contribution in [2.45, 2.75) is 40.3 Å². The number of esters is 2. The Morgan fingerprint density at radius 1 is 0.922 bits per heavy atom. The van der Waals surface area contributed by atoms with E-state index in [4.69, 9.17) is 23.7 Å². The number of hydrogen-bond donors (Lipinski definition) is 0. The molecule has 51 heavy (non-hydrogen) atoms. The van der Waals surface area contributed by atoms with Crippen molar-refractivity contribution in [2.75, 3.05) is 33.5 Å². The van der Waals surface area contributed by atoms with Gasteiger partial charge in [-0.1, -0.05) is 41.7 Å². The molecule has 1 atom stereocenters. The average Bonchev–Trinajstić information content (AvgIpc) is 3.43. The number of hydrogen-bond acceptors (Lipinski definition) is 12. The number of carbonyl (C=O) groups is 2. The van der Waals surface area contributed by atoms with Crippen LogP contribution in [0.2, 0.25) is 0 Å². The molecular formula is C38H37N3O9S. The van der Waals surface area contributed by atoms with Crippen molar-refractivity contribution in [1.82, 2.24) is 4.57 Å². The van der Waals surface area contributed by atoms with Crippen molar-refractivity contribution in [3.05, 3.63) is 114 Å². The largest absolute Gasteiger partial charge is 0.490 e. The minimum Gasteiger partial charge on any atom is -0.490 e. The Balaban J connectivity index is 1.57. The number of rotatable bonds is 14. The summed E-state index contributed by atoms with van der Waals surface area (Å²) in [4.78, 5) is 44.4. The maximum Gasteiger partial charge on any atom is 0.343 e. The summed E-state index contributed by atoms with van der Waals surface area (Å²) < 4.78 is 35.4. The van der Waals surface area contributed by atoms with Crippen LogP contribution in [0.4, 0.5) is 0 Å². The quantitative estimate of drug-likeness (QED) is 0.170. The number of methoxy groups -OCH3 is 1. The van der Waals surface area contributed by atoms with Gasteiger partial charge in [-0.3, -0.25) is 9.36 Å². The van der Waals surface area contributed by atoms with Gasteiger partial charge in [-0.15, -0.1) is 0 Å². The molecular weight excluding hydrogens is 674 g/mol. The zero-order chi connectivity index (χ0) is 36.5. The maximum absolute atomic E-state index is 14.2. The van der Waals surface area contributed by atoms with Crippen LogP contribution in [-0.2, 0) is 25.7 Å². The first-order valence-electron chi connectivity index (χ1n) is 16.3. The summed E-state index contributed by atoms with van der Waals surface area (Å²) in [5, 5.41) is 9.45. The zero-order valence-electron chi connectivity index (χ0n) is 28.9. The van der Waals surface area contributed by atoms with Crippen molar-refractivity contribution in [3.8, 4) is 29.1 Å². The number of carbonyl (C=O) groups excluding carboxylic acids is 2. The second-order valence-electron chi connectivity index (χ2n) is 11.0. The number of aromatic nitrogens is 1. The standard InChI is InChI=1S/C38H37N3O9S/c1-6-46-30-17-24(13-15-28(30)49-21-27-12-10-9-11-26(27)20-39)18-32-36(43)41-35(34(37(44)48-8-3)23(4)40-38(41)51-32)25-14-16-29(31(19-25)47-7-2)50-22-33(42)45-5/h9-19,35H,6-8,21-22H2,1-5H3/b32-18-/t35-/m1/s1. The van der Waals surface area contributed by atoms with E-state index < -0.39 is 18.0 Å². The molecule has 264 valence electrons. The van der Waals surface area contributed by atoms with E-state index in [0.717, 1.165) is 5.56 Å². The summed E-state index contributed by atoms with van der Waals surface area (Å²) in [5.41, 5.74) is 2.75. The lowest BCUT2D eigenvalue weighted by Gasteiger charge is -2.25. The normalized spacial score (nSPS) is 13.8. The van der Waals surface area contributed by atoms with Crippen molar-refractivity contribution in [3.63, 3.8) is 0 Å². The van der Waals surface area contributed by atoms with E-state index in [1.807, 2.05) is 19.1 Å². The Labute approximate surface area is 298 Å². The first-order valence-corrected chi connectivity index (χ1v) is 17.1. The number of fused-ring (bicyclic) bond motifs is 1. The molecule has 1 aliphatic heterocycles. The van der Waals surface area contributed by atoms with Gasteiger partial charge in [0.2, 0.25) is 0 Å². The molecule has 5 rings (SSSR count). The van der Waals surface area contributed by atoms with Gasteiger partial charge in [-0.2, -0.15) is 5.26 Å². The smallest absolute Gasteiger partial charge is 0.343 e. The minimum absolute atomic E-state index is 0.129. The Bertz CT molecular complexity index is 2200. The molecule has 0 saturated heterocycles. The van der Waals surface area contributed by atoms with Crippen molar-refractivity contribution >= 4 is 29.4 Å². The molecule has 0 fully saturated rings. The van der Waals surface area contributed by atoms with Gasteiger partial charge in [-0.25, -0.2) is 14.6 Å². The number of nitrogens with zero attached hydrogens (tertiary/aromatic N) is 3. The molecule has 2 heterocycles. The van der Waals surface area contributed by atoms with Crippen LogP contribution in [0.15, 0.2) is 81.7 Å². The number of nitriles is 1. The van der Waals surface area contributed by atoms with Crippen LogP contribution >= 0.6 is 11.3 Å². The highest BCUT2D eigenvalue weighted by Crippen LogP contribution is 2.36. The van der Waals surface area contributed by atoms with Crippen LogP contribution in [0.3, 0.4) is 0 Å². The van der Waals surface area contributed by atoms with Crippen LogP contribution in [0.5, 0.6) is 23.0 Å². The van der Waals surface area contributed by atoms with Gasteiger partial charge in [0.25, 0.3) is 5.56 Å². The van der Waals surface area contributed by atoms with Gasteiger partial charge in [0.05, 0.1) is 60.4 Å². The molecule has 0 radical (unpaired) electrons. The van der Waals surface area contributed by atoms with E-state index in [0.29, 0.717) is 67.9 Å². The van der Waals surface area contributed by atoms with Gasteiger partial charge in [0.15, 0.2) is 34.4 Å². The fraction of sp³-hybridized carbons (Fsp3) is 0.289. The molecule has 0 bridgehead atoms. The molecule has 0 N–H and O–H groups in total. The van der Waals surface area contributed by atoms with Crippen molar-refractivity contribution in [1.29, 1.82) is 5.26 Å². The summed E-state index contributed by atoms with van der Waals surface area (Å²) in [6.45, 7) is 7.72. The predicted octanol–water partition coefficient (Wildman–Crippen LogP) is 4.60. The topological polar surface area (TPSA) is 148 Å². The predicted molar refractivity (Wildman–Crippen MR) is 189 cm³/mol. The first-order chi connectivity index (χ1) is 24.7. The third-order valence-electron chi connectivity index (χ3n) is 7.76. The molecule has 3 aromatic carbocycles. The van der Waals surface area contributed by atoms with Crippen LogP contribution in [0.1, 0.15) is 56.0 Å². The van der Waals surface area contributed by atoms with Crippen molar-refractivity contribution < 1.29 is 38.0 Å². The molecule has 0 aliphatic carbocycles. The second-order valence-corrected chi connectivity index (χ2v) is 12.0. The summed E-state index contributed by atoms with van der Waals surface area (Å²) in [7, 11) is 1.26. The molecule has 0 amide bonds. The average molecular weight is 712 g/mol. The summed E-state index contributed by atoms with van der Waals surface area (Å²) in [5.74, 6) is 0.418. The molecule has 1 aromatic heterocycles. The lowest BCUT2D eigenvalue weighted by Crippen LogP contribution is -2.40. The molecule has 13 heteroatoms. The van der Waals surface area contributed by atoms with E-state index in [1.165, 1.54) is 23.0 Å². The first kappa shape index (κ1) is 36.4. The van der Waals surface area contributed by atoms with E-state index in [1.54, 1.807) is 75.4 Å². The Morgan fingerprint density at radius 3 is 2.33 bits per heavy atom. The highest BCUT2D eigenvalue weighted by molar-refractivity contribution is 7.07. The lowest BCUT2D eigenvalue weighted by molar-refractivity contribution is -0.143. The Morgan fingerprint density at radius 2 is 1.63 bits per heavy atom. The van der Waals surface area contributed by atoms with Gasteiger partial charge in [-0.05, 0) is 75.2 Å². The summed E-state index contributed by atoms with van der Waals surface area (Å²) in [6, 6.07) is 18.8. The minimum atomic E-state index is -0.901. The fourth-order valence-corrected chi connectivity index (χ4v) is 6.50. The lowest BCUT2D eigenvalue weighted by atomic mass is 9.95. The van der Waals surface area contributed by atoms with Crippen LogP contribution < -0.4 is 33.8 Å². The van der Waals surface area contributed by atoms with E-state index in [-0.39, 0.29) is 31.0 Å². The van der Waals surface area contributed by atoms with E-state index >= 15 is 0 Å². The third kappa shape index (κ3) is 8.13. The highest BCUT2D eigenvalue weighted by atomic mass is 32.1. The van der Waals surface area contributed by atoms with Crippen molar-refractivity contribution in [2.24, 2.45) is 4.99 Å². The Kier molecular flexibility index (Phi) is 11.9. The van der Waals surface area contributed by atoms with Crippen LogP contribution in [0.25, 0.3) is 6.08 Å². The summed E-state index contributed by atoms with van der Waals surface area (Å²) >= 11 is 1.18. The van der Waals surface area contributed by atoms with Gasteiger partial charge < -0.3 is 28.4 Å². The monoisotopic (exact) mass is 711 g/mol. The van der Waals surface area contributed by atoms with E-state index in [9.17, 15) is 19.6 Å². The highest BCUT2D eigenvalue weighted by Gasteiger charge is 2.34. The fourth-order valence-electron chi connectivity index (χ4n) is 5.45. The number of ether oxygens (including phenoxy) is 6. The van der Waals surface area contributed by atoms with E-state index in [2.05, 4.69) is 15.8 Å². The molecule has 4 aromatic rings. The van der Waals surface area contributed by atoms with Crippen LogP contribution in [-0.4, -0.2) is 50.0 Å². The third-order valence-corrected chi connectivity index (χ3v) is 8.74. The molecule has 12 nitrogen and oxygen atoms in total. The molecule has 0 unspecified atom stereocenters. The number of allylic oxidation sites excluding steroid dienone is 1.